The lowest BCUT2D eigenvalue weighted by atomic mass is 9.95. The lowest BCUT2D eigenvalue weighted by Crippen LogP contribution is -2.49. The molecule has 1 aromatic heterocycles. The minimum atomic E-state index is -0.668. The van der Waals surface area contributed by atoms with Crippen molar-refractivity contribution < 1.29 is 19.1 Å². The van der Waals surface area contributed by atoms with E-state index in [1.165, 1.54) is 4.57 Å². The molecule has 1 aromatic carbocycles. The molecule has 3 aliphatic heterocycles. The zero-order chi connectivity index (χ0) is 30.7. The number of aromatic nitrogens is 2. The minimum absolute atomic E-state index is 0.233. The first kappa shape index (κ1) is 31.1. The third-order valence-electron chi connectivity index (χ3n) is 8.88. The first-order valence-electron chi connectivity index (χ1n) is 15.7. The monoisotopic (exact) mass is 597 g/mol. The number of hydrogen-bond donors (Lipinski definition) is 2. The molecule has 1 atom stereocenters. The molecule has 2 aromatic rings. The van der Waals surface area contributed by atoms with Crippen LogP contribution in [0.4, 0.5) is 10.5 Å². The number of amides is 3. The molecule has 0 bridgehead atoms. The van der Waals surface area contributed by atoms with Crippen LogP contribution in [0.2, 0.25) is 0 Å². The van der Waals surface area contributed by atoms with Crippen molar-refractivity contribution in [2.45, 2.75) is 64.5 Å². The van der Waals surface area contributed by atoms with Crippen molar-refractivity contribution >= 4 is 34.6 Å². The van der Waals surface area contributed by atoms with Crippen molar-refractivity contribution in [1.82, 2.24) is 29.6 Å². The summed E-state index contributed by atoms with van der Waals surface area (Å²) in [5.74, 6) is -0.0300. The van der Waals surface area contributed by atoms with E-state index in [4.69, 9.17) is 4.74 Å². The maximum atomic E-state index is 13.1. The van der Waals surface area contributed by atoms with Crippen molar-refractivity contribution in [3.8, 4) is 0 Å². The molecule has 4 heterocycles. The number of carbonyl (C=O) groups excluding carboxylic acids is 3. The summed E-state index contributed by atoms with van der Waals surface area (Å²) in [6.45, 7) is 14.6. The Morgan fingerprint density at radius 3 is 2.35 bits per heavy atom. The van der Waals surface area contributed by atoms with Gasteiger partial charge in [-0.25, -0.2) is 9.59 Å². The predicted molar refractivity (Wildman–Crippen MR) is 165 cm³/mol. The number of imide groups is 1. The Balaban J connectivity index is 1.07. The van der Waals surface area contributed by atoms with Crippen molar-refractivity contribution in [1.29, 1.82) is 0 Å². The average Bonchev–Trinajstić information content (AvgIpc) is 3.20. The summed E-state index contributed by atoms with van der Waals surface area (Å²) < 4.78 is 8.43. The molecule has 1 unspecified atom stereocenters. The van der Waals surface area contributed by atoms with Crippen molar-refractivity contribution in [2.75, 3.05) is 63.8 Å². The number of nitrogens with zero attached hydrogens (tertiary/aromatic N) is 5. The number of alkyl carbamates (subject to hydrolysis) is 1. The van der Waals surface area contributed by atoms with E-state index in [0.29, 0.717) is 18.9 Å². The van der Waals surface area contributed by atoms with Gasteiger partial charge in [-0.05, 0) is 77.1 Å². The predicted octanol–water partition coefficient (Wildman–Crippen LogP) is 2.07. The molecule has 0 spiro atoms. The highest BCUT2D eigenvalue weighted by Crippen LogP contribution is 2.29. The Morgan fingerprint density at radius 1 is 0.977 bits per heavy atom. The molecule has 2 N–H and O–H groups in total. The first-order valence-corrected chi connectivity index (χ1v) is 15.7. The Hall–Kier alpha value is -3.38. The van der Waals surface area contributed by atoms with Crippen LogP contribution in [0, 0.1) is 5.92 Å². The summed E-state index contributed by atoms with van der Waals surface area (Å²) in [5, 5.41) is 5.21. The Bertz CT molecular complexity index is 1380. The largest absolute Gasteiger partial charge is 0.444 e. The lowest BCUT2D eigenvalue weighted by Gasteiger charge is -2.39. The fourth-order valence-corrected chi connectivity index (χ4v) is 6.52. The molecule has 5 rings (SSSR count). The van der Waals surface area contributed by atoms with E-state index < -0.39 is 17.6 Å². The van der Waals surface area contributed by atoms with Gasteiger partial charge in [-0.2, -0.15) is 0 Å². The van der Waals surface area contributed by atoms with Crippen LogP contribution in [0.3, 0.4) is 0 Å². The number of piperazine rings is 1. The van der Waals surface area contributed by atoms with Crippen LogP contribution in [0.15, 0.2) is 23.0 Å². The molecule has 236 valence electrons. The number of piperidine rings is 2. The standard InChI is InChI=1S/C31H47N7O5/c1-31(2,3)43-29(41)32-12-5-13-35-16-18-36(19-17-35)21-22-10-14-37(15-11-22)23-6-7-24-26(20-23)34(4)30(42)38(24)25-8-9-27(39)33-28(25)40/h6-7,20,22,25H,5,8-19,21H2,1-4H3,(H,32,41)(H,33,39,40). The second-order valence-electron chi connectivity index (χ2n) is 13.2. The average molecular weight is 598 g/mol. The molecule has 0 saturated carbocycles. The molecule has 12 heteroatoms. The van der Waals surface area contributed by atoms with Gasteiger partial charge in [0.1, 0.15) is 11.6 Å². The number of fused-ring (bicyclic) bond motifs is 1. The van der Waals surface area contributed by atoms with E-state index in [-0.39, 0.29) is 24.1 Å². The van der Waals surface area contributed by atoms with E-state index in [2.05, 4.69) is 31.4 Å². The third kappa shape index (κ3) is 7.59. The van der Waals surface area contributed by atoms with Gasteiger partial charge >= 0.3 is 11.8 Å². The molecule has 0 radical (unpaired) electrons. The fourth-order valence-electron chi connectivity index (χ4n) is 6.52. The summed E-state index contributed by atoms with van der Waals surface area (Å²) in [7, 11) is 1.74. The van der Waals surface area contributed by atoms with E-state index in [9.17, 15) is 19.2 Å². The lowest BCUT2D eigenvalue weighted by molar-refractivity contribution is -0.135. The van der Waals surface area contributed by atoms with Gasteiger partial charge < -0.3 is 24.8 Å². The summed E-state index contributed by atoms with van der Waals surface area (Å²) in [4.78, 5) is 56.5. The zero-order valence-corrected chi connectivity index (χ0v) is 26.1. The number of hydrogen-bond acceptors (Lipinski definition) is 8. The number of rotatable bonds is 8. The van der Waals surface area contributed by atoms with Crippen molar-refractivity contribution in [2.24, 2.45) is 13.0 Å². The normalized spacial score (nSPS) is 21.3. The van der Waals surface area contributed by atoms with Crippen LogP contribution < -0.4 is 21.2 Å². The maximum Gasteiger partial charge on any atom is 0.407 e. The van der Waals surface area contributed by atoms with Crippen LogP contribution in [0.5, 0.6) is 0 Å². The Kier molecular flexibility index (Phi) is 9.45. The van der Waals surface area contributed by atoms with Crippen LogP contribution >= 0.6 is 0 Å². The van der Waals surface area contributed by atoms with Crippen LogP contribution in [-0.2, 0) is 21.4 Å². The second kappa shape index (κ2) is 13.1. The number of nitrogens with one attached hydrogen (secondary N) is 2. The van der Waals surface area contributed by atoms with Gasteiger partial charge in [0.05, 0.1) is 11.0 Å². The first-order chi connectivity index (χ1) is 20.5. The number of ether oxygens (including phenoxy) is 1. The highest BCUT2D eigenvalue weighted by atomic mass is 16.6. The van der Waals surface area contributed by atoms with E-state index in [1.54, 1.807) is 11.6 Å². The van der Waals surface area contributed by atoms with Crippen LogP contribution in [0.25, 0.3) is 11.0 Å². The number of anilines is 1. The van der Waals surface area contributed by atoms with Gasteiger partial charge in [0.15, 0.2) is 0 Å². The molecule has 3 saturated heterocycles. The SMILES string of the molecule is Cn1c(=O)n(C2CCC(=O)NC2=O)c2ccc(N3CCC(CN4CCN(CCCNC(=O)OC(C)(C)C)CC4)CC3)cc21. The van der Waals surface area contributed by atoms with Crippen molar-refractivity contribution in [3.63, 3.8) is 0 Å². The number of imidazole rings is 1. The van der Waals surface area contributed by atoms with Gasteiger partial charge in [-0.15, -0.1) is 0 Å². The number of carbonyl (C=O) groups is 3. The summed E-state index contributed by atoms with van der Waals surface area (Å²) >= 11 is 0. The Labute approximate surface area is 253 Å². The van der Waals surface area contributed by atoms with Gasteiger partial charge in [0, 0.05) is 71.5 Å². The Morgan fingerprint density at radius 2 is 1.67 bits per heavy atom. The molecule has 3 fully saturated rings. The quantitative estimate of drug-likeness (QED) is 0.351. The number of benzene rings is 1. The molecule has 0 aliphatic carbocycles. The van der Waals surface area contributed by atoms with E-state index in [0.717, 1.165) is 88.3 Å². The second-order valence-corrected chi connectivity index (χ2v) is 13.2. The highest BCUT2D eigenvalue weighted by molar-refractivity contribution is 6.00. The maximum absolute atomic E-state index is 13.1. The molecule has 43 heavy (non-hydrogen) atoms. The van der Waals surface area contributed by atoms with Gasteiger partial charge in [0.2, 0.25) is 11.8 Å². The number of aryl methyl sites for hydroxylation is 1. The molecule has 3 aliphatic rings. The van der Waals surface area contributed by atoms with Gasteiger partial charge in [0.25, 0.3) is 0 Å². The molecular weight excluding hydrogens is 550 g/mol. The molecule has 3 amide bonds. The van der Waals surface area contributed by atoms with Gasteiger partial charge in [-0.1, -0.05) is 0 Å². The smallest absolute Gasteiger partial charge is 0.407 e. The van der Waals surface area contributed by atoms with Crippen LogP contribution in [-0.4, -0.2) is 101 Å². The zero-order valence-electron chi connectivity index (χ0n) is 26.1. The van der Waals surface area contributed by atoms with E-state index >= 15 is 0 Å². The van der Waals surface area contributed by atoms with Crippen LogP contribution in [0.1, 0.15) is 58.9 Å². The summed E-state index contributed by atoms with van der Waals surface area (Å²) in [6.07, 6.45) is 3.39. The van der Waals surface area contributed by atoms with Gasteiger partial charge in [-0.3, -0.25) is 24.0 Å². The topological polar surface area (TPSA) is 121 Å². The third-order valence-corrected chi connectivity index (χ3v) is 8.88. The minimum Gasteiger partial charge on any atom is -0.444 e. The van der Waals surface area contributed by atoms with Crippen molar-refractivity contribution in [3.05, 3.63) is 28.7 Å². The summed E-state index contributed by atoms with van der Waals surface area (Å²) in [6, 6.07) is 5.38. The fraction of sp³-hybridized carbons (Fsp3) is 0.677. The molecular formula is C31H47N7O5. The van der Waals surface area contributed by atoms with E-state index in [1.807, 2.05) is 32.9 Å². The summed E-state index contributed by atoms with van der Waals surface area (Å²) in [5.41, 5.74) is 1.90. The highest BCUT2D eigenvalue weighted by Gasteiger charge is 2.32. The molecule has 12 nitrogen and oxygen atoms in total.